The number of hydrogen-bond donors (Lipinski definition) is 1. The van der Waals surface area contributed by atoms with E-state index in [0.717, 1.165) is 45.6 Å². The number of fused-ring (bicyclic) bond motifs is 2. The van der Waals surface area contributed by atoms with Crippen molar-refractivity contribution in [2.45, 2.75) is 32.1 Å². The summed E-state index contributed by atoms with van der Waals surface area (Å²) >= 11 is 9.11. The molecular formula is C20H17ClN4OS2. The summed E-state index contributed by atoms with van der Waals surface area (Å²) in [5.41, 5.74) is 3.96. The summed E-state index contributed by atoms with van der Waals surface area (Å²) in [6.07, 6.45) is 6.77. The molecule has 0 unspecified atom stereocenters. The Hall–Kier alpha value is -2.22. The van der Waals surface area contributed by atoms with E-state index in [1.54, 1.807) is 11.3 Å². The van der Waals surface area contributed by atoms with Gasteiger partial charge in [0.25, 0.3) is 0 Å². The normalized spacial score (nSPS) is 13.6. The highest BCUT2D eigenvalue weighted by Gasteiger charge is 2.17. The van der Waals surface area contributed by atoms with Gasteiger partial charge < -0.3 is 5.32 Å². The van der Waals surface area contributed by atoms with Crippen LogP contribution in [0.2, 0.25) is 5.02 Å². The number of imidazole rings is 1. The number of carbonyl (C=O) groups excluding carboxylic acids is 1. The van der Waals surface area contributed by atoms with Crippen molar-refractivity contribution in [3.63, 3.8) is 0 Å². The first-order valence-electron chi connectivity index (χ1n) is 9.15. The van der Waals surface area contributed by atoms with Gasteiger partial charge in [-0.15, -0.1) is 22.7 Å². The van der Waals surface area contributed by atoms with E-state index in [0.29, 0.717) is 11.4 Å². The van der Waals surface area contributed by atoms with Crippen LogP contribution in [0.4, 0.5) is 5.13 Å². The number of benzene rings is 1. The molecule has 1 aromatic carbocycles. The largest absolute Gasteiger partial charge is 0.302 e. The molecule has 8 heteroatoms. The van der Waals surface area contributed by atoms with Gasteiger partial charge in [-0.05, 0) is 37.8 Å². The average Bonchev–Trinajstić information content (AvgIpc) is 3.37. The lowest BCUT2D eigenvalue weighted by Crippen LogP contribution is -2.15. The zero-order valence-electron chi connectivity index (χ0n) is 14.9. The van der Waals surface area contributed by atoms with Crippen LogP contribution in [0.25, 0.3) is 16.2 Å². The maximum Gasteiger partial charge on any atom is 0.232 e. The third-order valence-corrected chi connectivity index (χ3v) is 7.07. The molecule has 0 radical (unpaired) electrons. The minimum absolute atomic E-state index is 0.0486. The highest BCUT2D eigenvalue weighted by atomic mass is 35.5. The zero-order chi connectivity index (χ0) is 19.1. The third-order valence-electron chi connectivity index (χ3n) is 4.86. The highest BCUT2D eigenvalue weighted by molar-refractivity contribution is 7.16. The van der Waals surface area contributed by atoms with Gasteiger partial charge in [0.1, 0.15) is 0 Å². The Morgan fingerprint density at radius 1 is 1.18 bits per heavy atom. The van der Waals surface area contributed by atoms with Crippen LogP contribution >= 0.6 is 34.3 Å². The van der Waals surface area contributed by atoms with Gasteiger partial charge in [0.2, 0.25) is 5.91 Å². The molecule has 5 nitrogen and oxygen atoms in total. The molecule has 4 aromatic rings. The van der Waals surface area contributed by atoms with Crippen molar-refractivity contribution in [3.8, 4) is 11.3 Å². The quantitative estimate of drug-likeness (QED) is 0.484. The smallest absolute Gasteiger partial charge is 0.232 e. The molecule has 3 aromatic heterocycles. The molecule has 0 atom stereocenters. The lowest BCUT2D eigenvalue weighted by molar-refractivity contribution is -0.115. The Bertz CT molecular complexity index is 1140. The summed E-state index contributed by atoms with van der Waals surface area (Å²) in [7, 11) is 0. The minimum Gasteiger partial charge on any atom is -0.302 e. The summed E-state index contributed by atoms with van der Waals surface area (Å²) in [6, 6.07) is 7.61. The van der Waals surface area contributed by atoms with E-state index >= 15 is 0 Å². The van der Waals surface area contributed by atoms with E-state index in [4.69, 9.17) is 11.6 Å². The number of nitrogens with one attached hydrogen (secondary N) is 1. The Morgan fingerprint density at radius 2 is 2.00 bits per heavy atom. The minimum atomic E-state index is -0.0486. The number of rotatable bonds is 4. The van der Waals surface area contributed by atoms with Crippen LogP contribution in [-0.2, 0) is 24.1 Å². The van der Waals surface area contributed by atoms with Crippen LogP contribution in [0, 0.1) is 0 Å². The molecule has 5 rings (SSSR count). The van der Waals surface area contributed by atoms with E-state index in [2.05, 4.69) is 15.3 Å². The lowest BCUT2D eigenvalue weighted by Gasteiger charge is -2.06. The van der Waals surface area contributed by atoms with Crippen molar-refractivity contribution in [2.75, 3.05) is 5.32 Å². The number of aryl methyl sites for hydroxylation is 2. The fourth-order valence-corrected chi connectivity index (χ4v) is 5.51. The van der Waals surface area contributed by atoms with Crippen molar-refractivity contribution in [3.05, 3.63) is 57.1 Å². The SMILES string of the molecule is O=C(Cc1csc2nc(-c3ccc(Cl)cc3)cn12)Nc1nc2c(s1)CCCC2. The number of hydrogen-bond acceptors (Lipinski definition) is 5. The molecule has 0 bridgehead atoms. The van der Waals surface area contributed by atoms with E-state index in [1.807, 2.05) is 40.2 Å². The van der Waals surface area contributed by atoms with Crippen molar-refractivity contribution in [2.24, 2.45) is 0 Å². The number of aromatic nitrogens is 3. The summed E-state index contributed by atoms with van der Waals surface area (Å²) in [6.45, 7) is 0. The topological polar surface area (TPSA) is 59.3 Å². The van der Waals surface area contributed by atoms with Crippen molar-refractivity contribution in [1.29, 1.82) is 0 Å². The molecule has 28 heavy (non-hydrogen) atoms. The van der Waals surface area contributed by atoms with Crippen molar-refractivity contribution < 1.29 is 4.79 Å². The van der Waals surface area contributed by atoms with Gasteiger partial charge in [-0.3, -0.25) is 9.20 Å². The van der Waals surface area contributed by atoms with Gasteiger partial charge in [-0.25, -0.2) is 9.97 Å². The summed E-state index contributed by atoms with van der Waals surface area (Å²) < 4.78 is 1.99. The van der Waals surface area contributed by atoms with Gasteiger partial charge in [0.15, 0.2) is 10.1 Å². The average molecular weight is 429 g/mol. The van der Waals surface area contributed by atoms with Gasteiger partial charge in [-0.2, -0.15) is 0 Å². The summed E-state index contributed by atoms with van der Waals surface area (Å²) in [5.74, 6) is -0.0486. The van der Waals surface area contributed by atoms with Crippen LogP contribution < -0.4 is 5.32 Å². The molecular weight excluding hydrogens is 412 g/mol. The maximum absolute atomic E-state index is 12.6. The Balaban J connectivity index is 1.34. The van der Waals surface area contributed by atoms with E-state index in [1.165, 1.54) is 29.1 Å². The van der Waals surface area contributed by atoms with Crippen molar-refractivity contribution >= 4 is 50.3 Å². The second-order valence-electron chi connectivity index (χ2n) is 6.83. The fraction of sp³-hybridized carbons (Fsp3) is 0.250. The number of anilines is 1. The molecule has 0 fully saturated rings. The molecule has 1 aliphatic carbocycles. The van der Waals surface area contributed by atoms with Crippen LogP contribution in [0.3, 0.4) is 0 Å². The first-order chi connectivity index (χ1) is 13.7. The molecule has 1 aliphatic rings. The van der Waals surface area contributed by atoms with E-state index < -0.39 is 0 Å². The van der Waals surface area contributed by atoms with E-state index in [9.17, 15) is 4.79 Å². The fourth-order valence-electron chi connectivity index (χ4n) is 3.45. The van der Waals surface area contributed by atoms with Gasteiger partial charge in [0, 0.05) is 32.7 Å². The second kappa shape index (κ2) is 7.31. The van der Waals surface area contributed by atoms with Crippen LogP contribution in [-0.4, -0.2) is 20.3 Å². The van der Waals surface area contributed by atoms with Crippen molar-refractivity contribution in [1.82, 2.24) is 14.4 Å². The Labute approximate surface area is 175 Å². The summed E-state index contributed by atoms with van der Waals surface area (Å²) in [5, 5.41) is 6.38. The number of carbonyl (C=O) groups is 1. The van der Waals surface area contributed by atoms with Gasteiger partial charge in [0.05, 0.1) is 17.8 Å². The standard InChI is InChI=1S/C20H17ClN4OS2/c21-13-7-5-12(6-8-13)16-10-25-14(11-27-20(25)23-16)9-18(26)24-19-22-15-3-1-2-4-17(15)28-19/h5-8,10-11H,1-4,9H2,(H,22,24,26). The number of amides is 1. The molecule has 0 aliphatic heterocycles. The Kier molecular flexibility index (Phi) is 4.66. The predicted octanol–water partition coefficient (Wildman–Crippen LogP) is 5.23. The van der Waals surface area contributed by atoms with Crippen LogP contribution in [0.15, 0.2) is 35.8 Å². The number of thiazole rings is 2. The number of halogens is 1. The molecule has 1 amide bonds. The van der Waals surface area contributed by atoms with Gasteiger partial charge >= 0.3 is 0 Å². The molecule has 1 N–H and O–H groups in total. The highest BCUT2D eigenvalue weighted by Crippen LogP contribution is 2.30. The van der Waals surface area contributed by atoms with Gasteiger partial charge in [-0.1, -0.05) is 23.7 Å². The molecule has 0 saturated heterocycles. The van der Waals surface area contributed by atoms with Crippen LogP contribution in [0.5, 0.6) is 0 Å². The maximum atomic E-state index is 12.6. The molecule has 0 spiro atoms. The second-order valence-corrected chi connectivity index (χ2v) is 9.19. The molecule has 3 heterocycles. The van der Waals surface area contributed by atoms with Crippen LogP contribution in [0.1, 0.15) is 29.1 Å². The third kappa shape index (κ3) is 3.45. The monoisotopic (exact) mass is 428 g/mol. The lowest BCUT2D eigenvalue weighted by atomic mass is 10.0. The Morgan fingerprint density at radius 3 is 2.82 bits per heavy atom. The summed E-state index contributed by atoms with van der Waals surface area (Å²) in [4.78, 5) is 24.0. The first kappa shape index (κ1) is 17.8. The zero-order valence-corrected chi connectivity index (χ0v) is 17.3. The molecule has 0 saturated carbocycles. The van der Waals surface area contributed by atoms with E-state index in [-0.39, 0.29) is 5.91 Å². The predicted molar refractivity (Wildman–Crippen MR) is 115 cm³/mol. The molecule has 142 valence electrons. The first-order valence-corrected chi connectivity index (χ1v) is 11.2. The number of nitrogens with zero attached hydrogens (tertiary/aromatic N) is 3.